The van der Waals surface area contributed by atoms with Crippen LogP contribution in [0.2, 0.25) is 0 Å². The Balaban J connectivity index is 2.05. The second-order valence-corrected chi connectivity index (χ2v) is 7.25. The Morgan fingerprint density at radius 3 is 2.45 bits per heavy atom. The number of aryl methyl sites for hydroxylation is 2. The average molecular weight is 417 g/mol. The van der Waals surface area contributed by atoms with Gasteiger partial charge in [-0.3, -0.25) is 4.79 Å². The van der Waals surface area contributed by atoms with Crippen molar-refractivity contribution in [1.82, 2.24) is 0 Å². The van der Waals surface area contributed by atoms with E-state index in [0.717, 1.165) is 16.9 Å². The molecule has 0 saturated heterocycles. The lowest BCUT2D eigenvalue weighted by molar-refractivity contribution is 0.0699. The molecule has 2 N–H and O–H groups in total. The molecule has 0 aliphatic carbocycles. The third kappa shape index (κ3) is 3.84. The van der Waals surface area contributed by atoms with Crippen LogP contribution < -0.4 is 10.1 Å². The van der Waals surface area contributed by atoms with Crippen molar-refractivity contribution in [3.63, 3.8) is 0 Å². The maximum Gasteiger partial charge on any atom is 0.339 e. The summed E-state index contributed by atoms with van der Waals surface area (Å²) in [4.78, 5) is 24.6. The first kappa shape index (κ1) is 20.5. The van der Waals surface area contributed by atoms with Gasteiger partial charge in [-0.1, -0.05) is 23.8 Å². The highest BCUT2D eigenvalue weighted by Gasteiger charge is 2.25. The number of thiophene rings is 1. The maximum atomic E-state index is 14.4. The van der Waals surface area contributed by atoms with Crippen molar-refractivity contribution in [1.29, 1.82) is 0 Å². The molecule has 0 aliphatic heterocycles. The van der Waals surface area contributed by atoms with E-state index in [-0.39, 0.29) is 32.8 Å². The molecule has 2 aromatic carbocycles. The lowest BCUT2D eigenvalue weighted by Crippen LogP contribution is -2.15. The Morgan fingerprint density at radius 1 is 1.07 bits per heavy atom. The summed E-state index contributed by atoms with van der Waals surface area (Å²) in [5.74, 6) is -3.79. The Bertz CT molecular complexity index is 1120. The second-order valence-electron chi connectivity index (χ2n) is 6.37. The van der Waals surface area contributed by atoms with E-state index < -0.39 is 23.5 Å². The summed E-state index contributed by atoms with van der Waals surface area (Å²) >= 11 is 0.916. The maximum absolute atomic E-state index is 14.4. The van der Waals surface area contributed by atoms with E-state index in [0.29, 0.717) is 5.75 Å². The molecule has 5 nitrogen and oxygen atoms in total. The fourth-order valence-electron chi connectivity index (χ4n) is 2.88. The third-order valence-electron chi connectivity index (χ3n) is 4.40. The van der Waals surface area contributed by atoms with E-state index in [1.807, 2.05) is 0 Å². The summed E-state index contributed by atoms with van der Waals surface area (Å²) in [6.07, 6.45) is 0. The fraction of sp³-hybridized carbons (Fsp3) is 0.143. The van der Waals surface area contributed by atoms with Gasteiger partial charge in [0.25, 0.3) is 5.91 Å². The molecule has 3 rings (SSSR count). The van der Waals surface area contributed by atoms with Gasteiger partial charge in [0.1, 0.15) is 16.3 Å². The van der Waals surface area contributed by atoms with Gasteiger partial charge < -0.3 is 15.2 Å². The highest BCUT2D eigenvalue weighted by atomic mass is 32.1. The van der Waals surface area contributed by atoms with Gasteiger partial charge in [0.05, 0.1) is 12.7 Å². The molecule has 1 aromatic heterocycles. The van der Waals surface area contributed by atoms with Crippen molar-refractivity contribution in [2.45, 2.75) is 13.8 Å². The number of nitrogens with one attached hydrogen (secondary N) is 1. The number of aromatic carboxylic acids is 1. The van der Waals surface area contributed by atoms with Crippen LogP contribution in [-0.2, 0) is 0 Å². The number of anilines is 1. The van der Waals surface area contributed by atoms with E-state index in [9.17, 15) is 23.5 Å². The van der Waals surface area contributed by atoms with Gasteiger partial charge in [0.15, 0.2) is 11.6 Å². The van der Waals surface area contributed by atoms with Crippen molar-refractivity contribution in [2.24, 2.45) is 0 Å². The predicted octanol–water partition coefficient (Wildman–Crippen LogP) is 5.27. The zero-order valence-electron chi connectivity index (χ0n) is 15.8. The molecular weight excluding hydrogens is 400 g/mol. The number of ether oxygens (including phenoxy) is 1. The van der Waals surface area contributed by atoms with Crippen LogP contribution in [0.15, 0.2) is 35.7 Å². The summed E-state index contributed by atoms with van der Waals surface area (Å²) in [7, 11) is 1.42. The first-order chi connectivity index (χ1) is 13.7. The standard InChI is InChI=1S/C21H17F2NO4S/c1-10-4-7-15(28-3)13(8-10)19(25)24-20-16(21(26)27)14(9-29-20)12-6-5-11(2)17(22)18(12)23/h4-9H,1-3H3,(H,24,25)(H,26,27). The quantitative estimate of drug-likeness (QED) is 0.593. The number of methoxy groups -OCH3 is 1. The van der Waals surface area contributed by atoms with E-state index in [1.165, 1.54) is 31.5 Å². The molecule has 0 saturated carbocycles. The van der Waals surface area contributed by atoms with Crippen LogP contribution in [0.3, 0.4) is 0 Å². The number of amides is 1. The van der Waals surface area contributed by atoms with Gasteiger partial charge in [0.2, 0.25) is 0 Å². The highest BCUT2D eigenvalue weighted by molar-refractivity contribution is 7.15. The monoisotopic (exact) mass is 417 g/mol. The number of carbonyl (C=O) groups is 2. The van der Waals surface area contributed by atoms with Gasteiger partial charge in [-0.15, -0.1) is 11.3 Å². The topological polar surface area (TPSA) is 75.6 Å². The molecule has 29 heavy (non-hydrogen) atoms. The zero-order chi connectivity index (χ0) is 21.3. The molecule has 0 radical (unpaired) electrons. The van der Waals surface area contributed by atoms with Crippen molar-refractivity contribution < 1.29 is 28.2 Å². The molecule has 8 heteroatoms. The molecule has 0 spiro atoms. The second kappa shape index (κ2) is 8.00. The number of carbonyl (C=O) groups excluding carboxylic acids is 1. The Labute approximate surface area is 169 Å². The van der Waals surface area contributed by atoms with Gasteiger partial charge in [0, 0.05) is 16.5 Å². The van der Waals surface area contributed by atoms with Gasteiger partial charge in [-0.05, 0) is 31.5 Å². The minimum atomic E-state index is -1.37. The summed E-state index contributed by atoms with van der Waals surface area (Å²) in [6.45, 7) is 3.21. The minimum absolute atomic E-state index is 0.00888. The Hall–Kier alpha value is -3.26. The van der Waals surface area contributed by atoms with Crippen LogP contribution in [0.1, 0.15) is 31.8 Å². The zero-order valence-corrected chi connectivity index (χ0v) is 16.6. The molecule has 1 heterocycles. The molecule has 3 aromatic rings. The number of rotatable bonds is 5. The average Bonchev–Trinajstić information content (AvgIpc) is 3.09. The van der Waals surface area contributed by atoms with Gasteiger partial charge in [-0.25, -0.2) is 13.6 Å². The van der Waals surface area contributed by atoms with Crippen LogP contribution in [0.25, 0.3) is 11.1 Å². The van der Waals surface area contributed by atoms with E-state index in [1.54, 1.807) is 25.1 Å². The van der Waals surface area contributed by atoms with Crippen molar-refractivity contribution in [3.8, 4) is 16.9 Å². The number of hydrogen-bond acceptors (Lipinski definition) is 4. The molecular formula is C21H17F2NO4S. The minimum Gasteiger partial charge on any atom is -0.496 e. The van der Waals surface area contributed by atoms with E-state index in [2.05, 4.69) is 5.32 Å². The van der Waals surface area contributed by atoms with Crippen LogP contribution in [0.4, 0.5) is 13.8 Å². The predicted molar refractivity (Wildman–Crippen MR) is 107 cm³/mol. The smallest absolute Gasteiger partial charge is 0.339 e. The number of carboxylic acid groups (broad SMARTS) is 1. The number of carboxylic acids is 1. The van der Waals surface area contributed by atoms with Gasteiger partial charge >= 0.3 is 5.97 Å². The molecule has 0 bridgehead atoms. The molecule has 0 fully saturated rings. The summed E-state index contributed by atoms with van der Waals surface area (Å²) in [5, 5.41) is 13.6. The lowest BCUT2D eigenvalue weighted by atomic mass is 10.0. The Morgan fingerprint density at radius 2 is 1.79 bits per heavy atom. The first-order valence-electron chi connectivity index (χ1n) is 8.50. The van der Waals surface area contributed by atoms with Crippen molar-refractivity contribution in [2.75, 3.05) is 12.4 Å². The number of benzene rings is 2. The van der Waals surface area contributed by atoms with Crippen molar-refractivity contribution >= 4 is 28.2 Å². The number of hydrogen-bond donors (Lipinski definition) is 2. The molecule has 0 atom stereocenters. The largest absolute Gasteiger partial charge is 0.496 e. The molecule has 1 amide bonds. The van der Waals surface area contributed by atoms with E-state index >= 15 is 0 Å². The molecule has 0 unspecified atom stereocenters. The number of halogens is 2. The molecule has 0 aliphatic rings. The van der Waals surface area contributed by atoms with Crippen LogP contribution in [0.5, 0.6) is 5.75 Å². The van der Waals surface area contributed by atoms with Gasteiger partial charge in [-0.2, -0.15) is 0 Å². The third-order valence-corrected chi connectivity index (χ3v) is 5.29. The van der Waals surface area contributed by atoms with Crippen LogP contribution >= 0.6 is 11.3 Å². The van der Waals surface area contributed by atoms with Crippen molar-refractivity contribution in [3.05, 3.63) is 69.6 Å². The summed E-state index contributed by atoms with van der Waals surface area (Å²) in [5.41, 5.74) is 0.654. The first-order valence-corrected chi connectivity index (χ1v) is 9.38. The highest BCUT2D eigenvalue weighted by Crippen LogP contribution is 2.38. The lowest BCUT2D eigenvalue weighted by Gasteiger charge is -2.10. The van der Waals surface area contributed by atoms with Crippen LogP contribution in [-0.4, -0.2) is 24.1 Å². The van der Waals surface area contributed by atoms with E-state index in [4.69, 9.17) is 4.74 Å². The summed E-state index contributed by atoms with van der Waals surface area (Å²) < 4.78 is 33.6. The summed E-state index contributed by atoms with van der Waals surface area (Å²) in [6, 6.07) is 7.70. The fourth-order valence-corrected chi connectivity index (χ4v) is 3.83. The molecule has 150 valence electrons. The Kier molecular flexibility index (Phi) is 5.65. The van der Waals surface area contributed by atoms with Crippen LogP contribution in [0, 0.1) is 25.5 Å². The SMILES string of the molecule is COc1ccc(C)cc1C(=O)Nc1scc(-c2ccc(C)c(F)c2F)c1C(=O)O. The normalized spacial score (nSPS) is 10.7.